The van der Waals surface area contributed by atoms with Crippen molar-refractivity contribution in [2.24, 2.45) is 5.92 Å². The van der Waals surface area contributed by atoms with Gasteiger partial charge in [0, 0.05) is 30.9 Å². The van der Waals surface area contributed by atoms with Crippen LogP contribution < -0.4 is 5.32 Å². The van der Waals surface area contributed by atoms with E-state index in [1.807, 2.05) is 6.20 Å². The van der Waals surface area contributed by atoms with Gasteiger partial charge < -0.3 is 10.2 Å². The monoisotopic (exact) mass is 326 g/mol. The molecule has 2 aliphatic heterocycles. The fraction of sp³-hybridized carbons (Fsp3) is 0.824. The van der Waals surface area contributed by atoms with Crippen LogP contribution in [0.2, 0.25) is 0 Å². The van der Waals surface area contributed by atoms with Crippen LogP contribution in [0.5, 0.6) is 0 Å². The number of nitrogens with one attached hydrogen (secondary N) is 1. The average Bonchev–Trinajstić information content (AvgIpc) is 2.98. The molecule has 22 heavy (non-hydrogen) atoms. The summed E-state index contributed by atoms with van der Waals surface area (Å²) in [5.41, 5.74) is 1.47. The van der Waals surface area contributed by atoms with Crippen molar-refractivity contribution in [3.05, 3.63) is 18.0 Å². The highest BCUT2D eigenvalue weighted by Gasteiger charge is 2.25. The molecule has 2 saturated heterocycles. The molecule has 3 rings (SSSR count). The number of rotatable bonds is 5. The van der Waals surface area contributed by atoms with Crippen molar-refractivity contribution in [3.8, 4) is 0 Å². The molecular weight excluding hydrogens is 296 g/mol. The van der Waals surface area contributed by atoms with Crippen LogP contribution in [-0.2, 0) is 6.54 Å². The quantitative estimate of drug-likeness (QED) is 0.903. The molecule has 126 valence electrons. The molecule has 0 aliphatic carbocycles. The summed E-state index contributed by atoms with van der Waals surface area (Å²) in [4.78, 5) is 2.69. The first kappa shape index (κ1) is 17.8. The maximum absolute atomic E-state index is 4.49. The standard InChI is InChI=1S/C17H30N4.ClH/c1-2-10-21-17(5-9-19-21)16-6-11-20(12-7-16)14-15-4-3-8-18-13-15;/h5,9,15-16,18H,2-4,6-8,10-14H2,1H3;1H. The smallest absolute Gasteiger partial charge is 0.0492 e. The highest BCUT2D eigenvalue weighted by molar-refractivity contribution is 5.85. The summed E-state index contributed by atoms with van der Waals surface area (Å²) < 4.78 is 2.23. The number of likely N-dealkylation sites (tertiary alicyclic amines) is 1. The molecule has 0 amide bonds. The van der Waals surface area contributed by atoms with Gasteiger partial charge in [-0.15, -0.1) is 12.4 Å². The van der Waals surface area contributed by atoms with E-state index >= 15 is 0 Å². The molecule has 1 N–H and O–H groups in total. The number of hydrogen-bond donors (Lipinski definition) is 1. The molecule has 1 atom stereocenters. The first-order valence-corrected chi connectivity index (χ1v) is 8.81. The molecule has 1 unspecified atom stereocenters. The first-order valence-electron chi connectivity index (χ1n) is 8.81. The summed E-state index contributed by atoms with van der Waals surface area (Å²) in [6.45, 7) is 9.57. The molecule has 1 aromatic heterocycles. The lowest BCUT2D eigenvalue weighted by Gasteiger charge is -2.35. The van der Waals surface area contributed by atoms with E-state index in [9.17, 15) is 0 Å². The Kier molecular flexibility index (Phi) is 7.19. The zero-order chi connectivity index (χ0) is 14.5. The molecule has 0 spiro atoms. The molecule has 0 aromatic carbocycles. The van der Waals surface area contributed by atoms with Gasteiger partial charge in [-0.3, -0.25) is 4.68 Å². The van der Waals surface area contributed by atoms with E-state index < -0.39 is 0 Å². The van der Waals surface area contributed by atoms with Crippen LogP contribution in [0.3, 0.4) is 0 Å². The number of halogens is 1. The van der Waals surface area contributed by atoms with Gasteiger partial charge in [-0.05, 0) is 70.3 Å². The molecule has 0 radical (unpaired) electrons. The average molecular weight is 327 g/mol. The van der Waals surface area contributed by atoms with Crippen LogP contribution in [0.25, 0.3) is 0 Å². The predicted molar refractivity (Wildman–Crippen MR) is 93.8 cm³/mol. The fourth-order valence-electron chi connectivity index (χ4n) is 3.94. The summed E-state index contributed by atoms with van der Waals surface area (Å²) in [5, 5.41) is 8.03. The van der Waals surface area contributed by atoms with E-state index in [2.05, 4.69) is 33.0 Å². The van der Waals surface area contributed by atoms with Gasteiger partial charge in [-0.25, -0.2) is 0 Å². The van der Waals surface area contributed by atoms with Crippen LogP contribution >= 0.6 is 12.4 Å². The lowest BCUT2D eigenvalue weighted by atomic mass is 9.91. The van der Waals surface area contributed by atoms with E-state index in [-0.39, 0.29) is 12.4 Å². The largest absolute Gasteiger partial charge is 0.316 e. The highest BCUT2D eigenvalue weighted by Crippen LogP contribution is 2.28. The Morgan fingerprint density at radius 1 is 1.27 bits per heavy atom. The van der Waals surface area contributed by atoms with E-state index in [1.165, 1.54) is 70.5 Å². The molecule has 0 bridgehead atoms. The van der Waals surface area contributed by atoms with Crippen molar-refractivity contribution in [2.45, 2.75) is 51.5 Å². The van der Waals surface area contributed by atoms with E-state index in [1.54, 1.807) is 0 Å². The van der Waals surface area contributed by atoms with Gasteiger partial charge in [-0.1, -0.05) is 6.92 Å². The SMILES string of the molecule is CCCn1nccc1C1CCN(CC2CCCNC2)CC1.Cl. The van der Waals surface area contributed by atoms with Crippen molar-refractivity contribution in [3.63, 3.8) is 0 Å². The maximum atomic E-state index is 4.49. The Hall–Kier alpha value is -0.580. The molecular formula is C17H31ClN4. The van der Waals surface area contributed by atoms with E-state index in [4.69, 9.17) is 0 Å². The molecule has 3 heterocycles. The summed E-state index contributed by atoms with van der Waals surface area (Å²) in [6.07, 6.45) is 8.52. The number of piperidine rings is 2. The third-order valence-electron chi connectivity index (χ3n) is 5.11. The summed E-state index contributed by atoms with van der Waals surface area (Å²) in [6, 6.07) is 2.24. The second kappa shape index (κ2) is 8.90. The minimum Gasteiger partial charge on any atom is -0.316 e. The van der Waals surface area contributed by atoms with Crippen LogP contribution in [0.4, 0.5) is 0 Å². The summed E-state index contributed by atoms with van der Waals surface area (Å²) >= 11 is 0. The Balaban J connectivity index is 0.00000176. The van der Waals surface area contributed by atoms with Gasteiger partial charge in [0.05, 0.1) is 0 Å². The topological polar surface area (TPSA) is 33.1 Å². The zero-order valence-corrected chi connectivity index (χ0v) is 14.7. The first-order chi connectivity index (χ1) is 10.4. The second-order valence-electron chi connectivity index (χ2n) is 6.77. The Morgan fingerprint density at radius 2 is 2.09 bits per heavy atom. The van der Waals surface area contributed by atoms with Crippen molar-refractivity contribution < 1.29 is 0 Å². The van der Waals surface area contributed by atoms with Gasteiger partial charge in [0.1, 0.15) is 0 Å². The van der Waals surface area contributed by atoms with Crippen LogP contribution in [0.1, 0.15) is 50.6 Å². The lowest BCUT2D eigenvalue weighted by Crippen LogP contribution is -2.41. The predicted octanol–water partition coefficient (Wildman–Crippen LogP) is 2.89. The minimum absolute atomic E-state index is 0. The lowest BCUT2D eigenvalue weighted by molar-refractivity contribution is 0.167. The zero-order valence-electron chi connectivity index (χ0n) is 13.8. The van der Waals surface area contributed by atoms with Crippen molar-refractivity contribution in [2.75, 3.05) is 32.7 Å². The molecule has 4 nitrogen and oxygen atoms in total. The van der Waals surface area contributed by atoms with Gasteiger partial charge in [0.25, 0.3) is 0 Å². The third kappa shape index (κ3) is 4.46. The van der Waals surface area contributed by atoms with Crippen LogP contribution in [0, 0.1) is 5.92 Å². The molecule has 5 heteroatoms. The number of aromatic nitrogens is 2. The number of aryl methyl sites for hydroxylation is 1. The fourth-order valence-corrected chi connectivity index (χ4v) is 3.94. The normalized spacial score (nSPS) is 24.1. The number of nitrogens with zero attached hydrogens (tertiary/aromatic N) is 3. The van der Waals surface area contributed by atoms with Gasteiger partial charge in [0.15, 0.2) is 0 Å². The van der Waals surface area contributed by atoms with Crippen molar-refractivity contribution in [1.29, 1.82) is 0 Å². The van der Waals surface area contributed by atoms with Gasteiger partial charge in [-0.2, -0.15) is 5.10 Å². The summed E-state index contributed by atoms with van der Waals surface area (Å²) in [5.74, 6) is 1.60. The van der Waals surface area contributed by atoms with Crippen LogP contribution in [-0.4, -0.2) is 47.4 Å². The van der Waals surface area contributed by atoms with E-state index in [0.717, 1.165) is 18.4 Å². The maximum Gasteiger partial charge on any atom is 0.0492 e. The Labute approximate surface area is 141 Å². The van der Waals surface area contributed by atoms with Crippen molar-refractivity contribution in [1.82, 2.24) is 20.0 Å². The van der Waals surface area contributed by atoms with Gasteiger partial charge in [0.2, 0.25) is 0 Å². The second-order valence-corrected chi connectivity index (χ2v) is 6.77. The molecule has 2 aliphatic rings. The minimum atomic E-state index is 0. The van der Waals surface area contributed by atoms with Crippen LogP contribution in [0.15, 0.2) is 12.3 Å². The molecule has 2 fully saturated rings. The third-order valence-corrected chi connectivity index (χ3v) is 5.11. The van der Waals surface area contributed by atoms with Crippen molar-refractivity contribution >= 4 is 12.4 Å². The Morgan fingerprint density at radius 3 is 2.77 bits per heavy atom. The Bertz CT molecular complexity index is 420. The van der Waals surface area contributed by atoms with Gasteiger partial charge >= 0.3 is 0 Å². The highest BCUT2D eigenvalue weighted by atomic mass is 35.5. The number of hydrogen-bond acceptors (Lipinski definition) is 3. The molecule has 0 saturated carbocycles. The summed E-state index contributed by atoms with van der Waals surface area (Å²) in [7, 11) is 0. The molecule has 1 aromatic rings. The van der Waals surface area contributed by atoms with E-state index in [0.29, 0.717) is 0 Å².